The number of rotatable bonds is 4. The van der Waals surface area contributed by atoms with Crippen molar-refractivity contribution in [2.45, 2.75) is 0 Å². The summed E-state index contributed by atoms with van der Waals surface area (Å²) in [6.07, 6.45) is 0. The van der Waals surface area contributed by atoms with E-state index in [1.165, 1.54) is 11.1 Å². The summed E-state index contributed by atoms with van der Waals surface area (Å²) in [6, 6.07) is 26.4. The molecule has 3 aromatic carbocycles. The molecule has 0 aliphatic heterocycles. The maximum Gasteiger partial charge on any atom is 0.0858 e. The minimum atomic E-state index is 0.848. The van der Waals surface area contributed by atoms with Gasteiger partial charge in [-0.1, -0.05) is 42.5 Å². The van der Waals surface area contributed by atoms with Gasteiger partial charge >= 0.3 is 0 Å². The second-order valence-electron chi connectivity index (χ2n) is 5.52. The maximum atomic E-state index is 4.30. The van der Waals surface area contributed by atoms with Crippen LogP contribution in [0.25, 0.3) is 11.1 Å². The Hall–Kier alpha value is -2.94. The van der Waals surface area contributed by atoms with Crippen LogP contribution in [0.15, 0.2) is 89.1 Å². The van der Waals surface area contributed by atoms with E-state index in [0.29, 0.717) is 0 Å². The number of anilines is 1. The van der Waals surface area contributed by atoms with Crippen LogP contribution in [0.2, 0.25) is 0 Å². The number of hydrogen-bond donors (Lipinski definition) is 0. The summed E-state index contributed by atoms with van der Waals surface area (Å²) in [7, 11) is 4.04. The van der Waals surface area contributed by atoms with E-state index in [0.717, 1.165) is 17.1 Å². The highest BCUT2D eigenvalue weighted by atomic mass is 15.1. The van der Waals surface area contributed by atoms with Crippen molar-refractivity contribution in [3.63, 3.8) is 0 Å². The lowest BCUT2D eigenvalue weighted by molar-refractivity contribution is 1.13. The average Bonchev–Trinajstić information content (AvgIpc) is 2.61. The van der Waals surface area contributed by atoms with Gasteiger partial charge in [0.15, 0.2) is 0 Å². The molecule has 3 rings (SSSR count). The lowest BCUT2D eigenvalue weighted by Crippen LogP contribution is -2.07. The molecule has 0 radical (unpaired) electrons. The van der Waals surface area contributed by atoms with Crippen LogP contribution < -0.4 is 4.90 Å². The molecule has 0 amide bonds. The van der Waals surface area contributed by atoms with Gasteiger partial charge in [0.25, 0.3) is 0 Å². The minimum absolute atomic E-state index is 0.848. The molecule has 3 aromatic rings. The van der Waals surface area contributed by atoms with E-state index in [9.17, 15) is 0 Å². The Morgan fingerprint density at radius 1 is 0.565 bits per heavy atom. The highest BCUT2D eigenvalue weighted by Gasteiger charge is 1.97. The third kappa shape index (κ3) is 3.83. The quantitative estimate of drug-likeness (QED) is 0.557. The van der Waals surface area contributed by atoms with Gasteiger partial charge in [-0.3, -0.25) is 0 Å². The monoisotopic (exact) mass is 301 g/mol. The molecule has 0 heterocycles. The summed E-state index contributed by atoms with van der Waals surface area (Å²) < 4.78 is 0. The van der Waals surface area contributed by atoms with Crippen LogP contribution in [0.5, 0.6) is 0 Å². The Kier molecular flexibility index (Phi) is 4.48. The second kappa shape index (κ2) is 6.88. The zero-order valence-corrected chi connectivity index (χ0v) is 13.3. The summed E-state index contributed by atoms with van der Waals surface area (Å²) in [5.41, 5.74) is 5.23. The summed E-state index contributed by atoms with van der Waals surface area (Å²) >= 11 is 0. The Labute approximate surface area is 136 Å². The van der Waals surface area contributed by atoms with Gasteiger partial charge in [0.1, 0.15) is 0 Å². The molecule has 114 valence electrons. The number of hydrogen-bond acceptors (Lipinski definition) is 3. The van der Waals surface area contributed by atoms with Crippen molar-refractivity contribution in [2.24, 2.45) is 10.2 Å². The fourth-order valence-corrected chi connectivity index (χ4v) is 2.28. The first-order valence-electron chi connectivity index (χ1n) is 7.57. The summed E-state index contributed by atoms with van der Waals surface area (Å²) in [4.78, 5) is 2.06. The topological polar surface area (TPSA) is 28.0 Å². The highest BCUT2D eigenvalue weighted by Crippen LogP contribution is 2.24. The van der Waals surface area contributed by atoms with E-state index in [2.05, 4.69) is 39.4 Å². The van der Waals surface area contributed by atoms with Crippen molar-refractivity contribution < 1.29 is 0 Å². The molecule has 0 spiro atoms. The summed E-state index contributed by atoms with van der Waals surface area (Å²) in [5, 5.41) is 8.58. The van der Waals surface area contributed by atoms with Gasteiger partial charge in [0, 0.05) is 19.8 Å². The molecule has 3 nitrogen and oxygen atoms in total. The van der Waals surface area contributed by atoms with Gasteiger partial charge in [-0.15, -0.1) is 0 Å². The first-order chi connectivity index (χ1) is 11.2. The Morgan fingerprint density at radius 2 is 1.04 bits per heavy atom. The van der Waals surface area contributed by atoms with Gasteiger partial charge < -0.3 is 4.90 Å². The van der Waals surface area contributed by atoms with Crippen molar-refractivity contribution in [1.29, 1.82) is 0 Å². The zero-order valence-electron chi connectivity index (χ0n) is 13.3. The molecule has 0 saturated carbocycles. The third-order valence-corrected chi connectivity index (χ3v) is 3.62. The lowest BCUT2D eigenvalue weighted by Gasteiger charge is -2.11. The Bertz CT molecular complexity index is 773. The van der Waals surface area contributed by atoms with E-state index in [4.69, 9.17) is 0 Å². The fraction of sp³-hybridized carbons (Fsp3) is 0.100. The number of benzene rings is 3. The van der Waals surface area contributed by atoms with Gasteiger partial charge in [0.2, 0.25) is 0 Å². The van der Waals surface area contributed by atoms with Crippen molar-refractivity contribution in [3.05, 3.63) is 78.9 Å². The highest BCUT2D eigenvalue weighted by molar-refractivity contribution is 5.65. The minimum Gasteiger partial charge on any atom is -0.378 e. The standard InChI is InChI=1S/C20H19N3/c1-23(2)20-14-12-19(13-15-20)22-21-18-10-8-17(9-11-18)16-6-4-3-5-7-16/h3-15H,1-2H3/b22-21+. The predicted molar refractivity (Wildman–Crippen MR) is 96.8 cm³/mol. The van der Waals surface area contributed by atoms with E-state index in [1.54, 1.807) is 0 Å². The second-order valence-corrected chi connectivity index (χ2v) is 5.52. The van der Waals surface area contributed by atoms with Crippen LogP contribution in [0, 0.1) is 0 Å². The van der Waals surface area contributed by atoms with E-state index < -0.39 is 0 Å². The smallest absolute Gasteiger partial charge is 0.0858 e. The summed E-state index contributed by atoms with van der Waals surface area (Å²) in [6.45, 7) is 0. The number of azo groups is 1. The van der Waals surface area contributed by atoms with Crippen molar-refractivity contribution in [2.75, 3.05) is 19.0 Å². The van der Waals surface area contributed by atoms with Crippen LogP contribution in [0.3, 0.4) is 0 Å². The molecule has 0 aliphatic carbocycles. The first kappa shape index (κ1) is 15.0. The molecule has 3 heteroatoms. The number of nitrogens with zero attached hydrogens (tertiary/aromatic N) is 3. The van der Waals surface area contributed by atoms with Crippen LogP contribution in [-0.2, 0) is 0 Å². The Balaban J connectivity index is 1.73. The molecule has 0 bridgehead atoms. The molecule has 0 fully saturated rings. The normalized spacial score (nSPS) is 10.9. The molecular weight excluding hydrogens is 282 g/mol. The maximum absolute atomic E-state index is 4.30. The van der Waals surface area contributed by atoms with Crippen molar-refractivity contribution >= 4 is 17.1 Å². The molecule has 23 heavy (non-hydrogen) atoms. The fourth-order valence-electron chi connectivity index (χ4n) is 2.28. The molecule has 0 N–H and O–H groups in total. The molecule has 0 atom stereocenters. The zero-order chi connectivity index (χ0) is 16.1. The first-order valence-corrected chi connectivity index (χ1v) is 7.57. The van der Waals surface area contributed by atoms with E-state index in [1.807, 2.05) is 68.7 Å². The predicted octanol–water partition coefficient (Wildman–Crippen LogP) is 5.84. The van der Waals surface area contributed by atoms with Crippen molar-refractivity contribution in [1.82, 2.24) is 0 Å². The molecule has 0 unspecified atom stereocenters. The molecule has 0 aliphatic rings. The van der Waals surface area contributed by atoms with Crippen LogP contribution in [-0.4, -0.2) is 14.1 Å². The van der Waals surface area contributed by atoms with Gasteiger partial charge in [0.05, 0.1) is 11.4 Å². The van der Waals surface area contributed by atoms with Gasteiger partial charge in [-0.2, -0.15) is 10.2 Å². The summed E-state index contributed by atoms with van der Waals surface area (Å²) in [5.74, 6) is 0. The van der Waals surface area contributed by atoms with Crippen LogP contribution >= 0.6 is 0 Å². The van der Waals surface area contributed by atoms with Crippen LogP contribution in [0.1, 0.15) is 0 Å². The van der Waals surface area contributed by atoms with Gasteiger partial charge in [-0.25, -0.2) is 0 Å². The van der Waals surface area contributed by atoms with Crippen LogP contribution in [0.4, 0.5) is 17.1 Å². The van der Waals surface area contributed by atoms with Crippen molar-refractivity contribution in [3.8, 4) is 11.1 Å². The largest absolute Gasteiger partial charge is 0.378 e. The Morgan fingerprint density at radius 3 is 1.57 bits per heavy atom. The average molecular weight is 301 g/mol. The van der Waals surface area contributed by atoms with E-state index >= 15 is 0 Å². The third-order valence-electron chi connectivity index (χ3n) is 3.62. The SMILES string of the molecule is CN(C)c1ccc(/N=N/c2ccc(-c3ccccc3)cc2)cc1. The van der Waals surface area contributed by atoms with E-state index in [-0.39, 0.29) is 0 Å². The molecular formula is C20H19N3. The lowest BCUT2D eigenvalue weighted by atomic mass is 10.1. The van der Waals surface area contributed by atoms with Gasteiger partial charge in [-0.05, 0) is 47.5 Å². The molecule has 0 aromatic heterocycles. The molecule has 0 saturated heterocycles.